The molecule has 1 aliphatic carbocycles. The number of carbonyl (C=O) groups excluding carboxylic acids is 2. The van der Waals surface area contributed by atoms with Gasteiger partial charge in [0.15, 0.2) is 5.78 Å². The molecule has 128 valence electrons. The SMILES string of the molecule is CC1=CC(=O)C(Br)C(C)(Br)C1=NOC(=O)Nc1cc(Cl)ccc1Br. The molecule has 1 N–H and O–H groups in total. The lowest BCUT2D eigenvalue weighted by atomic mass is 9.88. The molecule has 0 heterocycles. The number of allylic oxidation sites excluding steroid dienone is 2. The van der Waals surface area contributed by atoms with Crippen LogP contribution in [0.15, 0.2) is 39.5 Å². The fraction of sp³-hybridized carbons (Fsp3) is 0.267. The van der Waals surface area contributed by atoms with Crippen molar-refractivity contribution in [1.82, 2.24) is 0 Å². The molecule has 0 spiro atoms. The summed E-state index contributed by atoms with van der Waals surface area (Å²) in [6.07, 6.45) is 0.681. The van der Waals surface area contributed by atoms with Crippen LogP contribution < -0.4 is 5.32 Å². The van der Waals surface area contributed by atoms with Crippen LogP contribution >= 0.6 is 59.4 Å². The molecule has 1 aromatic carbocycles. The number of oxime groups is 1. The third kappa shape index (κ3) is 4.28. The number of benzene rings is 1. The number of halogens is 4. The van der Waals surface area contributed by atoms with Crippen LogP contribution in [0.5, 0.6) is 0 Å². The highest BCUT2D eigenvalue weighted by Gasteiger charge is 2.43. The summed E-state index contributed by atoms with van der Waals surface area (Å²) in [4.78, 5) is 28.3. The van der Waals surface area contributed by atoms with Gasteiger partial charge < -0.3 is 0 Å². The summed E-state index contributed by atoms with van der Waals surface area (Å²) in [6.45, 7) is 3.50. The van der Waals surface area contributed by atoms with E-state index >= 15 is 0 Å². The predicted molar refractivity (Wildman–Crippen MR) is 106 cm³/mol. The Kier molecular flexibility index (Phi) is 6.28. The molecule has 0 aromatic heterocycles. The third-order valence-corrected chi connectivity index (χ3v) is 7.05. The molecule has 0 saturated heterocycles. The first-order valence-corrected chi connectivity index (χ1v) is 9.58. The molecule has 0 radical (unpaired) electrons. The Balaban J connectivity index is 2.17. The van der Waals surface area contributed by atoms with Gasteiger partial charge in [0.05, 0.1) is 14.8 Å². The largest absolute Gasteiger partial charge is 0.437 e. The lowest BCUT2D eigenvalue weighted by Crippen LogP contribution is -2.46. The zero-order valence-corrected chi connectivity index (χ0v) is 18.1. The quantitative estimate of drug-likeness (QED) is 0.307. The van der Waals surface area contributed by atoms with Gasteiger partial charge in [-0.25, -0.2) is 4.79 Å². The van der Waals surface area contributed by atoms with Crippen molar-refractivity contribution in [2.45, 2.75) is 23.0 Å². The lowest BCUT2D eigenvalue weighted by molar-refractivity contribution is -0.114. The molecule has 2 rings (SSSR count). The second kappa shape index (κ2) is 7.68. The number of alkyl halides is 2. The van der Waals surface area contributed by atoms with Gasteiger partial charge >= 0.3 is 6.09 Å². The van der Waals surface area contributed by atoms with E-state index in [9.17, 15) is 9.59 Å². The normalized spacial score (nSPS) is 25.4. The number of ketones is 1. The van der Waals surface area contributed by atoms with Crippen LogP contribution in [-0.2, 0) is 9.63 Å². The smallest absolute Gasteiger partial charge is 0.297 e. The zero-order chi connectivity index (χ0) is 18.1. The summed E-state index contributed by atoms with van der Waals surface area (Å²) in [5.41, 5.74) is 1.52. The second-order valence-electron chi connectivity index (χ2n) is 5.24. The number of rotatable bonds is 2. The summed E-state index contributed by atoms with van der Waals surface area (Å²) in [6, 6.07) is 4.96. The first-order valence-electron chi connectivity index (χ1n) is 6.70. The van der Waals surface area contributed by atoms with Gasteiger partial charge in [0.25, 0.3) is 0 Å². The molecule has 0 aliphatic heterocycles. The van der Waals surface area contributed by atoms with E-state index in [1.54, 1.807) is 32.0 Å². The van der Waals surface area contributed by atoms with E-state index in [-0.39, 0.29) is 5.78 Å². The van der Waals surface area contributed by atoms with Crippen LogP contribution in [0.3, 0.4) is 0 Å². The highest BCUT2D eigenvalue weighted by Crippen LogP contribution is 2.36. The van der Waals surface area contributed by atoms with Gasteiger partial charge in [-0.15, -0.1) is 0 Å². The summed E-state index contributed by atoms with van der Waals surface area (Å²) >= 11 is 16.0. The molecule has 2 unspecified atom stereocenters. The van der Waals surface area contributed by atoms with Crippen molar-refractivity contribution in [3.8, 4) is 0 Å². The maximum absolute atomic E-state index is 12.0. The average Bonchev–Trinajstić information content (AvgIpc) is 2.48. The summed E-state index contributed by atoms with van der Waals surface area (Å²) in [5, 5.41) is 6.92. The monoisotopic (exact) mass is 540 g/mol. The Morgan fingerprint density at radius 1 is 1.46 bits per heavy atom. The van der Waals surface area contributed by atoms with E-state index in [1.165, 1.54) is 6.08 Å². The van der Waals surface area contributed by atoms with Crippen molar-refractivity contribution in [3.63, 3.8) is 0 Å². The first-order chi connectivity index (χ1) is 11.1. The maximum Gasteiger partial charge on any atom is 0.437 e. The van der Waals surface area contributed by atoms with Crippen LogP contribution in [0.2, 0.25) is 5.02 Å². The molecular weight excluding hydrogens is 531 g/mol. The third-order valence-electron chi connectivity index (χ3n) is 3.31. The van der Waals surface area contributed by atoms with Gasteiger partial charge in [0.2, 0.25) is 0 Å². The fourth-order valence-electron chi connectivity index (χ4n) is 2.10. The fourth-order valence-corrected chi connectivity index (χ4v) is 3.58. The van der Waals surface area contributed by atoms with E-state index < -0.39 is 15.2 Å². The Hall–Kier alpha value is -0.700. The molecule has 9 heteroatoms. The summed E-state index contributed by atoms with van der Waals surface area (Å²) < 4.78 is -0.137. The van der Waals surface area contributed by atoms with Gasteiger partial charge in [-0.2, -0.15) is 0 Å². The molecular formula is C15H12Br3ClN2O3. The van der Waals surface area contributed by atoms with Crippen LogP contribution in [0.1, 0.15) is 13.8 Å². The van der Waals surface area contributed by atoms with Crippen molar-refractivity contribution < 1.29 is 14.4 Å². The topological polar surface area (TPSA) is 67.8 Å². The van der Waals surface area contributed by atoms with E-state index in [4.69, 9.17) is 16.4 Å². The number of amides is 1. The molecule has 0 bridgehead atoms. The van der Waals surface area contributed by atoms with Crippen molar-refractivity contribution in [3.05, 3.63) is 39.3 Å². The first kappa shape index (κ1) is 19.6. The molecule has 0 fully saturated rings. The van der Waals surface area contributed by atoms with Crippen molar-refractivity contribution in [2.75, 3.05) is 5.32 Å². The van der Waals surface area contributed by atoms with Crippen LogP contribution in [0.4, 0.5) is 10.5 Å². The maximum atomic E-state index is 12.0. The van der Waals surface area contributed by atoms with Gasteiger partial charge in [-0.1, -0.05) is 48.6 Å². The van der Waals surface area contributed by atoms with Gasteiger partial charge in [-0.05, 0) is 59.6 Å². The highest BCUT2D eigenvalue weighted by molar-refractivity contribution is 9.13. The molecule has 1 aromatic rings. The van der Waals surface area contributed by atoms with E-state index in [0.29, 0.717) is 26.5 Å². The number of nitrogens with zero attached hydrogens (tertiary/aromatic N) is 1. The van der Waals surface area contributed by atoms with Crippen molar-refractivity contribution >= 4 is 82.7 Å². The van der Waals surface area contributed by atoms with Crippen LogP contribution in [0.25, 0.3) is 0 Å². The number of nitrogens with one attached hydrogen (secondary N) is 1. The number of hydrogen-bond acceptors (Lipinski definition) is 4. The molecule has 0 saturated carbocycles. The Labute approximate surface area is 169 Å². The van der Waals surface area contributed by atoms with E-state index in [0.717, 1.165) is 0 Å². The van der Waals surface area contributed by atoms with Gasteiger partial charge in [-0.3, -0.25) is 14.9 Å². The zero-order valence-electron chi connectivity index (χ0n) is 12.6. The Bertz CT molecular complexity index is 762. The van der Waals surface area contributed by atoms with Crippen LogP contribution in [0, 0.1) is 0 Å². The standard InChI is InChI=1S/C15H12Br3ClN2O3/c1-7-5-11(22)12(17)15(2,18)13(7)21-24-14(23)20-10-6-8(19)3-4-9(10)16/h3-6,12H,1-2H3,(H,20,23). The Morgan fingerprint density at radius 2 is 2.12 bits per heavy atom. The molecule has 1 aliphatic rings. The van der Waals surface area contributed by atoms with E-state index in [1.807, 2.05) is 0 Å². The molecule has 1 amide bonds. The highest BCUT2D eigenvalue weighted by atomic mass is 79.9. The van der Waals surface area contributed by atoms with Gasteiger partial charge in [0, 0.05) is 9.50 Å². The Morgan fingerprint density at radius 3 is 2.79 bits per heavy atom. The van der Waals surface area contributed by atoms with Crippen molar-refractivity contribution in [2.24, 2.45) is 5.16 Å². The second-order valence-corrected chi connectivity index (χ2v) is 9.09. The number of anilines is 1. The summed E-state index contributed by atoms with van der Waals surface area (Å²) in [7, 11) is 0. The van der Waals surface area contributed by atoms with Gasteiger partial charge in [0.1, 0.15) is 5.71 Å². The summed E-state index contributed by atoms with van der Waals surface area (Å²) in [5.74, 6) is -0.0851. The van der Waals surface area contributed by atoms with E-state index in [2.05, 4.69) is 58.3 Å². The number of carbonyl (C=O) groups is 2. The molecule has 2 atom stereocenters. The minimum absolute atomic E-state index is 0.0851. The minimum Gasteiger partial charge on any atom is -0.297 e. The van der Waals surface area contributed by atoms with Crippen molar-refractivity contribution in [1.29, 1.82) is 0 Å². The number of hydrogen-bond donors (Lipinski definition) is 1. The molecule has 24 heavy (non-hydrogen) atoms. The predicted octanol–water partition coefficient (Wildman–Crippen LogP) is 5.45. The average molecular weight is 543 g/mol. The molecule has 5 nitrogen and oxygen atoms in total. The lowest BCUT2D eigenvalue weighted by Gasteiger charge is -2.31. The van der Waals surface area contributed by atoms with Crippen LogP contribution in [-0.4, -0.2) is 26.7 Å². The minimum atomic E-state index is -0.792.